The molecule has 0 aromatic carbocycles. The average molecular weight is 415 g/mol. The minimum Gasteiger partial charge on any atom is -0.460 e. The molecule has 0 aliphatic carbocycles. The number of fused-ring (bicyclic) bond motifs is 1. The molecule has 1 saturated heterocycles. The Balaban J connectivity index is 2.03. The monoisotopic (exact) mass is 415 g/mol. The fourth-order valence-corrected chi connectivity index (χ4v) is 3.88. The second-order valence-corrected chi connectivity index (χ2v) is 9.10. The topological polar surface area (TPSA) is 137 Å². The maximum absolute atomic E-state index is 12.5. The number of aliphatic hydroxyl groups excluding tert-OH is 1. The fraction of sp³-hybridized carbons (Fsp3) is 0.800. The molecule has 0 amide bonds. The van der Waals surface area contributed by atoms with E-state index in [-0.39, 0.29) is 19.1 Å². The lowest BCUT2D eigenvalue weighted by Gasteiger charge is -2.38. The average Bonchev–Trinajstić information content (AvgIpc) is 3.12. The lowest BCUT2D eigenvalue weighted by molar-refractivity contribution is -0.213. The molecule has 29 heavy (non-hydrogen) atoms. The summed E-state index contributed by atoms with van der Waals surface area (Å²) in [5.74, 6) is -1.63. The SMILES string of the molecule is CC(O)C(O)(C(=O)OCC1=CCN2CCC(OC(=O)CC(C)(C)O)C12)C(C)(C)O. The van der Waals surface area contributed by atoms with Gasteiger partial charge >= 0.3 is 11.9 Å². The Hall–Kier alpha value is -1.52. The number of hydrogen-bond donors (Lipinski definition) is 4. The van der Waals surface area contributed by atoms with Gasteiger partial charge < -0.3 is 29.9 Å². The van der Waals surface area contributed by atoms with Gasteiger partial charge in [-0.1, -0.05) is 6.08 Å². The van der Waals surface area contributed by atoms with Crippen LogP contribution in [0.5, 0.6) is 0 Å². The number of esters is 2. The van der Waals surface area contributed by atoms with Gasteiger partial charge in [0.25, 0.3) is 0 Å². The molecular formula is C20H33NO8. The Kier molecular flexibility index (Phi) is 6.81. The zero-order chi connectivity index (χ0) is 22.2. The van der Waals surface area contributed by atoms with Crippen molar-refractivity contribution in [1.82, 2.24) is 4.90 Å². The standard InChI is InChI=1S/C20H33NO8/c1-12(22)20(27,19(4,5)26)17(24)28-11-13-6-8-21-9-7-14(16(13)21)29-15(23)10-18(2,3)25/h6,12,14,16,22,25-27H,7-11H2,1-5H3. The first-order valence-corrected chi connectivity index (χ1v) is 9.81. The van der Waals surface area contributed by atoms with E-state index >= 15 is 0 Å². The van der Waals surface area contributed by atoms with Crippen molar-refractivity contribution in [3.05, 3.63) is 11.6 Å². The van der Waals surface area contributed by atoms with Crippen molar-refractivity contribution in [2.75, 3.05) is 19.7 Å². The molecule has 9 heteroatoms. The van der Waals surface area contributed by atoms with E-state index in [4.69, 9.17) is 9.47 Å². The number of hydrogen-bond acceptors (Lipinski definition) is 9. The van der Waals surface area contributed by atoms with Crippen LogP contribution in [-0.2, 0) is 19.1 Å². The van der Waals surface area contributed by atoms with Crippen LogP contribution in [0.3, 0.4) is 0 Å². The largest absolute Gasteiger partial charge is 0.460 e. The van der Waals surface area contributed by atoms with Crippen LogP contribution in [0, 0.1) is 0 Å². The van der Waals surface area contributed by atoms with Crippen LogP contribution in [0.4, 0.5) is 0 Å². The molecule has 0 aromatic heterocycles. The summed E-state index contributed by atoms with van der Waals surface area (Å²) in [6.07, 6.45) is 0.388. The van der Waals surface area contributed by atoms with Crippen molar-refractivity contribution in [2.45, 2.75) is 82.5 Å². The van der Waals surface area contributed by atoms with Gasteiger partial charge in [-0.3, -0.25) is 9.69 Å². The third-order valence-electron chi connectivity index (χ3n) is 5.49. The van der Waals surface area contributed by atoms with Crippen molar-refractivity contribution < 1.29 is 39.5 Å². The molecule has 0 bridgehead atoms. The van der Waals surface area contributed by atoms with Gasteiger partial charge in [0.1, 0.15) is 18.3 Å². The zero-order valence-corrected chi connectivity index (χ0v) is 17.7. The Morgan fingerprint density at radius 1 is 1.24 bits per heavy atom. The summed E-state index contributed by atoms with van der Waals surface area (Å²) in [4.78, 5) is 26.7. The van der Waals surface area contributed by atoms with Crippen LogP contribution in [0.2, 0.25) is 0 Å². The normalized spacial score (nSPS) is 25.8. The highest BCUT2D eigenvalue weighted by Crippen LogP contribution is 2.33. The number of rotatable bonds is 8. The van der Waals surface area contributed by atoms with Gasteiger partial charge in [-0.15, -0.1) is 0 Å². The van der Waals surface area contributed by atoms with E-state index in [1.807, 2.05) is 6.08 Å². The van der Waals surface area contributed by atoms with Crippen LogP contribution in [0.1, 0.15) is 47.5 Å². The lowest BCUT2D eigenvalue weighted by Crippen LogP contribution is -2.63. The molecule has 4 unspecified atom stereocenters. The van der Waals surface area contributed by atoms with E-state index in [2.05, 4.69) is 4.90 Å². The summed E-state index contributed by atoms with van der Waals surface area (Å²) in [5, 5.41) is 40.3. The minimum absolute atomic E-state index is 0.128. The highest BCUT2D eigenvalue weighted by molar-refractivity contribution is 5.82. The van der Waals surface area contributed by atoms with Crippen LogP contribution < -0.4 is 0 Å². The smallest absolute Gasteiger partial charge is 0.344 e. The predicted octanol–water partition coefficient (Wildman–Crippen LogP) is -0.500. The van der Waals surface area contributed by atoms with Gasteiger partial charge in [-0.05, 0) is 46.6 Å². The third-order valence-corrected chi connectivity index (χ3v) is 5.49. The van der Waals surface area contributed by atoms with Gasteiger partial charge in [-0.2, -0.15) is 0 Å². The summed E-state index contributed by atoms with van der Waals surface area (Å²) in [6.45, 7) is 7.85. The van der Waals surface area contributed by atoms with Gasteiger partial charge in [0.05, 0.1) is 24.2 Å². The first-order chi connectivity index (χ1) is 13.2. The molecule has 1 fully saturated rings. The van der Waals surface area contributed by atoms with Crippen LogP contribution in [-0.4, -0.2) is 92.0 Å². The van der Waals surface area contributed by atoms with E-state index in [1.165, 1.54) is 34.6 Å². The second-order valence-electron chi connectivity index (χ2n) is 9.10. The zero-order valence-electron chi connectivity index (χ0n) is 17.7. The number of aliphatic hydroxyl groups is 4. The molecule has 166 valence electrons. The van der Waals surface area contributed by atoms with Crippen LogP contribution >= 0.6 is 0 Å². The quantitative estimate of drug-likeness (QED) is 0.305. The molecule has 2 aliphatic rings. The Labute approximate surface area is 170 Å². The van der Waals surface area contributed by atoms with E-state index in [1.54, 1.807) is 0 Å². The molecule has 9 nitrogen and oxygen atoms in total. The third kappa shape index (κ3) is 5.16. The summed E-state index contributed by atoms with van der Waals surface area (Å²) in [6, 6.07) is -0.254. The predicted molar refractivity (Wildman–Crippen MR) is 103 cm³/mol. The van der Waals surface area contributed by atoms with Gasteiger partial charge in [0.15, 0.2) is 0 Å². The number of nitrogens with zero attached hydrogens (tertiary/aromatic N) is 1. The van der Waals surface area contributed by atoms with Gasteiger partial charge in [-0.25, -0.2) is 4.79 Å². The van der Waals surface area contributed by atoms with E-state index in [9.17, 15) is 30.0 Å². The summed E-state index contributed by atoms with van der Waals surface area (Å²) >= 11 is 0. The van der Waals surface area contributed by atoms with Crippen molar-refractivity contribution in [2.24, 2.45) is 0 Å². The van der Waals surface area contributed by atoms with Crippen molar-refractivity contribution in [1.29, 1.82) is 0 Å². The van der Waals surface area contributed by atoms with E-state index in [0.29, 0.717) is 19.5 Å². The highest BCUT2D eigenvalue weighted by atomic mass is 16.6. The molecule has 0 saturated carbocycles. The molecule has 0 radical (unpaired) electrons. The van der Waals surface area contributed by atoms with Crippen molar-refractivity contribution >= 4 is 11.9 Å². The molecule has 4 N–H and O–H groups in total. The molecule has 2 aliphatic heterocycles. The maximum atomic E-state index is 12.5. The fourth-order valence-electron chi connectivity index (χ4n) is 3.88. The van der Waals surface area contributed by atoms with Gasteiger partial charge in [0.2, 0.25) is 5.60 Å². The molecule has 0 aromatic rings. The Morgan fingerprint density at radius 3 is 2.38 bits per heavy atom. The minimum atomic E-state index is -2.49. The summed E-state index contributed by atoms with van der Waals surface area (Å²) in [5.41, 5.74) is -4.85. The van der Waals surface area contributed by atoms with Crippen LogP contribution in [0.25, 0.3) is 0 Å². The molecule has 2 rings (SSSR count). The van der Waals surface area contributed by atoms with E-state index in [0.717, 1.165) is 5.57 Å². The summed E-state index contributed by atoms with van der Waals surface area (Å²) < 4.78 is 10.8. The lowest BCUT2D eigenvalue weighted by atomic mass is 9.81. The first kappa shape index (κ1) is 23.8. The maximum Gasteiger partial charge on any atom is 0.344 e. The Bertz CT molecular complexity index is 660. The van der Waals surface area contributed by atoms with Gasteiger partial charge in [0, 0.05) is 13.1 Å². The second kappa shape index (κ2) is 8.31. The number of ether oxygens (including phenoxy) is 2. The van der Waals surface area contributed by atoms with E-state index < -0.39 is 40.9 Å². The number of carbonyl (C=O) groups excluding carboxylic acids is 2. The van der Waals surface area contributed by atoms with Crippen molar-refractivity contribution in [3.8, 4) is 0 Å². The molecule has 0 spiro atoms. The Morgan fingerprint density at radius 2 is 1.86 bits per heavy atom. The van der Waals surface area contributed by atoms with Crippen molar-refractivity contribution in [3.63, 3.8) is 0 Å². The molecule has 4 atom stereocenters. The molecule has 2 heterocycles. The first-order valence-electron chi connectivity index (χ1n) is 9.81. The highest BCUT2D eigenvalue weighted by Gasteiger charge is 2.54. The molecular weight excluding hydrogens is 382 g/mol. The van der Waals surface area contributed by atoms with Crippen LogP contribution in [0.15, 0.2) is 11.6 Å². The summed E-state index contributed by atoms with van der Waals surface area (Å²) in [7, 11) is 0. The number of carbonyl (C=O) groups is 2.